The Balaban J connectivity index is 1.71. The van der Waals surface area contributed by atoms with Gasteiger partial charge in [-0.3, -0.25) is 4.90 Å². The maximum Gasteiger partial charge on any atom is 0.161 e. The number of morpholine rings is 1. The van der Waals surface area contributed by atoms with Gasteiger partial charge in [0.1, 0.15) is 13.2 Å². The predicted molar refractivity (Wildman–Crippen MR) is 76.5 cm³/mol. The van der Waals surface area contributed by atoms with E-state index in [1.165, 1.54) is 5.56 Å². The first-order valence-corrected chi connectivity index (χ1v) is 7.26. The van der Waals surface area contributed by atoms with Gasteiger partial charge in [-0.05, 0) is 17.7 Å². The lowest BCUT2D eigenvalue weighted by molar-refractivity contribution is 0.0353. The van der Waals surface area contributed by atoms with E-state index in [1.54, 1.807) is 0 Å². The molecule has 1 saturated heterocycles. The van der Waals surface area contributed by atoms with Crippen molar-refractivity contribution in [2.24, 2.45) is 5.73 Å². The second kappa shape index (κ2) is 6.43. The van der Waals surface area contributed by atoms with Gasteiger partial charge in [0, 0.05) is 32.1 Å². The lowest BCUT2D eigenvalue weighted by Gasteiger charge is -2.30. The topological polar surface area (TPSA) is 57.0 Å². The molecule has 0 saturated carbocycles. The first kappa shape index (κ1) is 13.7. The summed E-state index contributed by atoms with van der Waals surface area (Å²) in [5.74, 6) is 2.00. The minimum Gasteiger partial charge on any atom is -0.486 e. The average Bonchev–Trinajstić information content (AvgIpc) is 2.53. The molecule has 3 rings (SSSR count). The molecule has 0 aromatic heterocycles. The fraction of sp³-hybridized carbons (Fsp3) is 0.600. The molecule has 1 atom stereocenters. The van der Waals surface area contributed by atoms with Crippen LogP contribution in [-0.2, 0) is 4.74 Å². The van der Waals surface area contributed by atoms with E-state index in [2.05, 4.69) is 17.0 Å². The van der Waals surface area contributed by atoms with Crippen molar-refractivity contribution in [2.75, 3.05) is 52.6 Å². The first-order chi connectivity index (χ1) is 9.86. The molecule has 5 nitrogen and oxygen atoms in total. The average molecular weight is 278 g/mol. The summed E-state index contributed by atoms with van der Waals surface area (Å²) in [7, 11) is 0. The highest BCUT2D eigenvalue weighted by molar-refractivity contribution is 5.45. The molecule has 2 aliphatic rings. The van der Waals surface area contributed by atoms with E-state index < -0.39 is 0 Å². The SMILES string of the molecule is NCC(CN1CCOCC1)c1ccc2c(c1)OCCO2. The Morgan fingerprint density at radius 2 is 1.80 bits per heavy atom. The maximum absolute atomic E-state index is 5.97. The molecular weight excluding hydrogens is 256 g/mol. The zero-order chi connectivity index (χ0) is 13.8. The molecule has 0 bridgehead atoms. The van der Waals surface area contributed by atoms with Crippen LogP contribution in [0.15, 0.2) is 18.2 Å². The van der Waals surface area contributed by atoms with Gasteiger partial charge in [0.2, 0.25) is 0 Å². The molecule has 2 heterocycles. The molecule has 20 heavy (non-hydrogen) atoms. The van der Waals surface area contributed by atoms with Crippen LogP contribution in [0.5, 0.6) is 11.5 Å². The monoisotopic (exact) mass is 278 g/mol. The number of rotatable bonds is 4. The Kier molecular flexibility index (Phi) is 4.40. The minimum atomic E-state index is 0.323. The van der Waals surface area contributed by atoms with E-state index >= 15 is 0 Å². The number of benzene rings is 1. The van der Waals surface area contributed by atoms with Crippen LogP contribution < -0.4 is 15.2 Å². The summed E-state index contributed by atoms with van der Waals surface area (Å²) in [6, 6.07) is 6.17. The molecule has 0 aliphatic carbocycles. The van der Waals surface area contributed by atoms with E-state index in [-0.39, 0.29) is 0 Å². The summed E-state index contributed by atoms with van der Waals surface area (Å²) in [5, 5.41) is 0. The Morgan fingerprint density at radius 3 is 2.55 bits per heavy atom. The van der Waals surface area contributed by atoms with Gasteiger partial charge in [-0.15, -0.1) is 0 Å². The fourth-order valence-corrected chi connectivity index (χ4v) is 2.73. The van der Waals surface area contributed by atoms with Crippen molar-refractivity contribution in [2.45, 2.75) is 5.92 Å². The highest BCUT2D eigenvalue weighted by Crippen LogP contribution is 2.33. The zero-order valence-corrected chi connectivity index (χ0v) is 11.7. The third kappa shape index (κ3) is 3.06. The van der Waals surface area contributed by atoms with Gasteiger partial charge in [-0.25, -0.2) is 0 Å². The number of hydrogen-bond donors (Lipinski definition) is 1. The van der Waals surface area contributed by atoms with Crippen LogP contribution in [0, 0.1) is 0 Å². The summed E-state index contributed by atoms with van der Waals surface area (Å²) in [5.41, 5.74) is 7.19. The molecule has 110 valence electrons. The molecule has 1 aromatic rings. The summed E-state index contributed by atoms with van der Waals surface area (Å²) in [4.78, 5) is 2.41. The van der Waals surface area contributed by atoms with Crippen molar-refractivity contribution < 1.29 is 14.2 Å². The first-order valence-electron chi connectivity index (χ1n) is 7.26. The van der Waals surface area contributed by atoms with Crippen LogP contribution >= 0.6 is 0 Å². The van der Waals surface area contributed by atoms with Crippen molar-refractivity contribution in [1.82, 2.24) is 4.90 Å². The quantitative estimate of drug-likeness (QED) is 0.884. The number of nitrogens with two attached hydrogens (primary N) is 1. The van der Waals surface area contributed by atoms with Crippen LogP contribution in [-0.4, -0.2) is 57.5 Å². The minimum absolute atomic E-state index is 0.323. The van der Waals surface area contributed by atoms with Gasteiger partial charge in [0.05, 0.1) is 13.2 Å². The standard InChI is InChI=1S/C15H22N2O3/c16-10-13(11-17-3-5-18-6-4-17)12-1-2-14-15(9-12)20-8-7-19-14/h1-2,9,13H,3-8,10-11,16H2. The van der Waals surface area contributed by atoms with Gasteiger partial charge in [0.15, 0.2) is 11.5 Å². The Hall–Kier alpha value is -1.30. The number of ether oxygens (including phenoxy) is 3. The van der Waals surface area contributed by atoms with E-state index in [9.17, 15) is 0 Å². The summed E-state index contributed by atoms with van der Waals surface area (Å²) < 4.78 is 16.6. The molecule has 1 unspecified atom stereocenters. The highest BCUT2D eigenvalue weighted by Gasteiger charge is 2.19. The van der Waals surface area contributed by atoms with Crippen molar-refractivity contribution >= 4 is 0 Å². The fourth-order valence-electron chi connectivity index (χ4n) is 2.73. The van der Waals surface area contributed by atoms with Crippen LogP contribution in [0.1, 0.15) is 11.5 Å². The second-order valence-corrected chi connectivity index (χ2v) is 5.25. The van der Waals surface area contributed by atoms with Crippen LogP contribution in [0.3, 0.4) is 0 Å². The number of fused-ring (bicyclic) bond motifs is 1. The molecule has 0 radical (unpaired) electrons. The number of hydrogen-bond acceptors (Lipinski definition) is 5. The van der Waals surface area contributed by atoms with Crippen LogP contribution in [0.2, 0.25) is 0 Å². The van der Waals surface area contributed by atoms with Gasteiger partial charge in [0.25, 0.3) is 0 Å². The molecule has 1 aromatic carbocycles. The van der Waals surface area contributed by atoms with E-state index in [4.69, 9.17) is 19.9 Å². The van der Waals surface area contributed by atoms with Crippen molar-refractivity contribution in [3.8, 4) is 11.5 Å². The predicted octanol–water partition coefficient (Wildman–Crippen LogP) is 0.832. The summed E-state index contributed by atoms with van der Waals surface area (Å²) in [6.45, 7) is 6.46. The molecule has 5 heteroatoms. The Morgan fingerprint density at radius 1 is 1.05 bits per heavy atom. The van der Waals surface area contributed by atoms with Crippen LogP contribution in [0.25, 0.3) is 0 Å². The lowest BCUT2D eigenvalue weighted by Crippen LogP contribution is -2.40. The Bertz CT molecular complexity index is 447. The molecular formula is C15H22N2O3. The maximum atomic E-state index is 5.97. The van der Waals surface area contributed by atoms with E-state index in [1.807, 2.05) is 6.07 Å². The van der Waals surface area contributed by atoms with Crippen molar-refractivity contribution in [3.05, 3.63) is 23.8 Å². The Labute approximate surface area is 119 Å². The lowest BCUT2D eigenvalue weighted by atomic mass is 9.97. The van der Waals surface area contributed by atoms with Gasteiger partial charge in [-0.1, -0.05) is 6.07 Å². The molecule has 1 fully saturated rings. The largest absolute Gasteiger partial charge is 0.486 e. The highest BCUT2D eigenvalue weighted by atomic mass is 16.6. The molecule has 0 spiro atoms. The molecule has 0 amide bonds. The number of nitrogens with zero attached hydrogens (tertiary/aromatic N) is 1. The van der Waals surface area contributed by atoms with Crippen molar-refractivity contribution in [3.63, 3.8) is 0 Å². The normalized spacial score (nSPS) is 20.6. The third-order valence-corrected chi connectivity index (χ3v) is 3.90. The van der Waals surface area contributed by atoms with Gasteiger partial charge in [-0.2, -0.15) is 0 Å². The van der Waals surface area contributed by atoms with E-state index in [0.717, 1.165) is 44.3 Å². The molecule has 2 N–H and O–H groups in total. The van der Waals surface area contributed by atoms with Crippen LogP contribution in [0.4, 0.5) is 0 Å². The molecule has 2 aliphatic heterocycles. The zero-order valence-electron chi connectivity index (χ0n) is 11.7. The smallest absolute Gasteiger partial charge is 0.161 e. The third-order valence-electron chi connectivity index (χ3n) is 3.90. The second-order valence-electron chi connectivity index (χ2n) is 5.25. The summed E-state index contributed by atoms with van der Waals surface area (Å²) in [6.07, 6.45) is 0. The summed E-state index contributed by atoms with van der Waals surface area (Å²) >= 11 is 0. The van der Waals surface area contributed by atoms with E-state index in [0.29, 0.717) is 25.7 Å². The van der Waals surface area contributed by atoms with Gasteiger partial charge >= 0.3 is 0 Å². The van der Waals surface area contributed by atoms with Gasteiger partial charge < -0.3 is 19.9 Å². The van der Waals surface area contributed by atoms with Crippen molar-refractivity contribution in [1.29, 1.82) is 0 Å².